The fourth-order valence-electron chi connectivity index (χ4n) is 2.41. The van der Waals surface area contributed by atoms with Crippen LogP contribution in [0.4, 0.5) is 0 Å². The second-order valence-corrected chi connectivity index (χ2v) is 5.66. The van der Waals surface area contributed by atoms with E-state index in [4.69, 9.17) is 19.7 Å². The summed E-state index contributed by atoms with van der Waals surface area (Å²) in [5.41, 5.74) is 0. The van der Waals surface area contributed by atoms with Crippen molar-refractivity contribution >= 4 is 12.6 Å². The third-order valence-electron chi connectivity index (χ3n) is 3.96. The second kappa shape index (κ2) is 10.1. The first kappa shape index (κ1) is 21.1. The van der Waals surface area contributed by atoms with Crippen LogP contribution in [-0.4, -0.2) is 106 Å². The highest BCUT2D eigenvalue weighted by molar-refractivity contribution is 5.56. The van der Waals surface area contributed by atoms with Crippen LogP contribution in [0.15, 0.2) is 0 Å². The van der Waals surface area contributed by atoms with Gasteiger partial charge in [0.2, 0.25) is 0 Å². The highest BCUT2D eigenvalue weighted by atomic mass is 16.5. The number of hydrogen-bond donors (Lipinski definition) is 6. The van der Waals surface area contributed by atoms with E-state index in [0.29, 0.717) is 12.6 Å². The third kappa shape index (κ3) is 5.26. The lowest BCUT2D eigenvalue weighted by Gasteiger charge is -2.34. The molecule has 2 fully saturated rings. The van der Waals surface area contributed by atoms with E-state index in [0.717, 1.165) is 0 Å². The molecule has 0 spiro atoms. The smallest absolute Gasteiger partial charge is 0.148 e. The Kier molecular flexibility index (Phi) is 8.87. The number of carbonyl (C=O) groups is 2. The van der Waals surface area contributed by atoms with E-state index in [1.54, 1.807) is 0 Å². The lowest BCUT2D eigenvalue weighted by Crippen LogP contribution is -2.51. The van der Waals surface area contributed by atoms with Crippen LogP contribution in [0, 0.1) is 5.92 Å². The minimum absolute atomic E-state index is 0.0486. The highest BCUT2D eigenvalue weighted by Crippen LogP contribution is 2.19. The summed E-state index contributed by atoms with van der Waals surface area (Å²) < 4.78 is 9.86. The van der Waals surface area contributed by atoms with Gasteiger partial charge in [-0.25, -0.2) is 0 Å². The fraction of sp³-hybridized carbons (Fsp3) is 0.857. The first-order chi connectivity index (χ1) is 11.4. The van der Waals surface area contributed by atoms with Crippen molar-refractivity contribution in [2.75, 3.05) is 19.8 Å². The molecule has 2 saturated heterocycles. The zero-order valence-corrected chi connectivity index (χ0v) is 12.9. The average Bonchev–Trinajstić information content (AvgIpc) is 2.60. The molecule has 2 heterocycles. The van der Waals surface area contributed by atoms with Gasteiger partial charge in [0.1, 0.15) is 43.1 Å². The minimum Gasteiger partial charge on any atom is -0.394 e. The van der Waals surface area contributed by atoms with Crippen molar-refractivity contribution in [1.29, 1.82) is 0 Å². The maximum atomic E-state index is 10.3. The van der Waals surface area contributed by atoms with Crippen LogP contribution in [0.25, 0.3) is 0 Å². The number of ether oxygens (including phenoxy) is 2. The second-order valence-electron chi connectivity index (χ2n) is 5.66. The Bertz CT molecular complexity index is 392. The van der Waals surface area contributed by atoms with Gasteiger partial charge in [-0.2, -0.15) is 0 Å². The average molecular weight is 352 g/mol. The number of hydrogen-bond acceptors (Lipinski definition) is 10. The molecular formula is C14H24O10. The number of carbonyl (C=O) groups excluding carboxylic acids is 2. The van der Waals surface area contributed by atoms with Crippen LogP contribution in [0.2, 0.25) is 0 Å². The van der Waals surface area contributed by atoms with Crippen LogP contribution >= 0.6 is 0 Å². The Morgan fingerprint density at radius 2 is 1.50 bits per heavy atom. The van der Waals surface area contributed by atoms with E-state index < -0.39 is 55.3 Å². The Morgan fingerprint density at radius 1 is 0.875 bits per heavy atom. The summed E-state index contributed by atoms with van der Waals surface area (Å²) in [4.78, 5) is 20.6. The molecule has 0 aliphatic carbocycles. The molecule has 0 aromatic heterocycles. The van der Waals surface area contributed by atoms with Crippen LogP contribution in [-0.2, 0) is 19.1 Å². The van der Waals surface area contributed by atoms with Gasteiger partial charge in [0.05, 0.1) is 37.9 Å². The summed E-state index contributed by atoms with van der Waals surface area (Å²) in [5, 5.41) is 54.2. The summed E-state index contributed by atoms with van der Waals surface area (Å²) in [6.07, 6.45) is -5.59. The van der Waals surface area contributed by atoms with Crippen LogP contribution in [0.5, 0.6) is 0 Å². The Morgan fingerprint density at radius 3 is 2.00 bits per heavy atom. The van der Waals surface area contributed by atoms with Gasteiger partial charge in [-0.1, -0.05) is 0 Å². The van der Waals surface area contributed by atoms with Crippen molar-refractivity contribution in [2.24, 2.45) is 5.92 Å². The summed E-state index contributed by atoms with van der Waals surface area (Å²) in [6, 6.07) is 0. The van der Waals surface area contributed by atoms with E-state index in [1.807, 2.05) is 0 Å². The summed E-state index contributed by atoms with van der Waals surface area (Å²) in [7, 11) is 0. The van der Waals surface area contributed by atoms with Crippen molar-refractivity contribution < 1.29 is 49.7 Å². The van der Waals surface area contributed by atoms with Crippen LogP contribution in [0.3, 0.4) is 0 Å². The van der Waals surface area contributed by atoms with Crippen LogP contribution in [0.1, 0.15) is 6.42 Å². The molecule has 0 radical (unpaired) electrons. The van der Waals surface area contributed by atoms with Crippen molar-refractivity contribution in [3.8, 4) is 0 Å². The number of aliphatic hydroxyl groups excluding tert-OH is 6. The molecule has 24 heavy (non-hydrogen) atoms. The maximum Gasteiger partial charge on any atom is 0.148 e. The van der Waals surface area contributed by atoms with Gasteiger partial charge in [-0.05, 0) is 0 Å². The van der Waals surface area contributed by atoms with Crippen LogP contribution < -0.4 is 0 Å². The molecule has 0 aromatic rings. The summed E-state index contributed by atoms with van der Waals surface area (Å²) in [5.74, 6) is -0.692. The molecule has 0 saturated carbocycles. The lowest BCUT2D eigenvalue weighted by molar-refractivity contribution is -0.178. The van der Waals surface area contributed by atoms with Gasteiger partial charge >= 0.3 is 0 Å². The molecule has 0 aromatic carbocycles. The van der Waals surface area contributed by atoms with E-state index in [1.165, 1.54) is 0 Å². The SMILES string of the molecule is O=CC1CC(O)C(O)C(CO)O1.O=CC1COC(CO)C(O)C1O. The van der Waals surface area contributed by atoms with Gasteiger partial charge in [-0.15, -0.1) is 0 Å². The van der Waals surface area contributed by atoms with E-state index in [-0.39, 0.29) is 19.6 Å². The molecule has 140 valence electrons. The molecule has 8 atom stereocenters. The predicted octanol–water partition coefficient (Wildman–Crippen LogP) is -4.03. The predicted molar refractivity (Wildman–Crippen MR) is 76.8 cm³/mol. The molecule has 2 rings (SSSR count). The number of rotatable bonds is 4. The standard InChI is InChI=1S/2C7H12O5/c8-1-4-3-12-5(2-9)7(11)6(4)10;8-2-4-1-5(10)7(11)6(3-9)12-4/h1,4-7,9-11H,2-3H2;2,4-7,9-11H,1,3H2. The van der Waals surface area contributed by atoms with Crippen molar-refractivity contribution in [1.82, 2.24) is 0 Å². The van der Waals surface area contributed by atoms with E-state index in [9.17, 15) is 30.0 Å². The summed E-state index contributed by atoms with van der Waals surface area (Å²) in [6.45, 7) is -0.709. The minimum atomic E-state index is -1.18. The molecule has 0 amide bonds. The molecule has 8 unspecified atom stereocenters. The highest BCUT2D eigenvalue weighted by Gasteiger charge is 2.38. The molecule has 6 N–H and O–H groups in total. The third-order valence-corrected chi connectivity index (χ3v) is 3.96. The summed E-state index contributed by atoms with van der Waals surface area (Å²) >= 11 is 0. The maximum absolute atomic E-state index is 10.3. The molecule has 10 heteroatoms. The lowest BCUT2D eigenvalue weighted by atomic mass is 9.94. The quantitative estimate of drug-likeness (QED) is 0.273. The van der Waals surface area contributed by atoms with Gasteiger partial charge in [-0.3, -0.25) is 0 Å². The normalized spacial score (nSPS) is 42.6. The molecule has 10 nitrogen and oxygen atoms in total. The fourth-order valence-corrected chi connectivity index (χ4v) is 2.41. The molecular weight excluding hydrogens is 328 g/mol. The van der Waals surface area contributed by atoms with Gasteiger partial charge < -0.3 is 49.7 Å². The van der Waals surface area contributed by atoms with Gasteiger partial charge in [0.15, 0.2) is 0 Å². The van der Waals surface area contributed by atoms with Crippen molar-refractivity contribution in [3.05, 3.63) is 0 Å². The molecule has 2 aliphatic rings. The van der Waals surface area contributed by atoms with Gasteiger partial charge in [0.25, 0.3) is 0 Å². The van der Waals surface area contributed by atoms with E-state index in [2.05, 4.69) is 0 Å². The van der Waals surface area contributed by atoms with Crippen molar-refractivity contribution in [2.45, 2.75) is 49.1 Å². The zero-order chi connectivity index (χ0) is 18.3. The van der Waals surface area contributed by atoms with Crippen molar-refractivity contribution in [3.63, 3.8) is 0 Å². The number of aldehydes is 2. The largest absolute Gasteiger partial charge is 0.394 e. The topological polar surface area (TPSA) is 174 Å². The molecule has 0 bridgehead atoms. The van der Waals surface area contributed by atoms with Gasteiger partial charge in [0, 0.05) is 6.42 Å². The Hall–Kier alpha value is -0.980. The first-order valence-corrected chi connectivity index (χ1v) is 7.51. The monoisotopic (exact) mass is 352 g/mol. The Labute approximate surface area is 138 Å². The van der Waals surface area contributed by atoms with E-state index >= 15 is 0 Å². The Balaban J connectivity index is 0.000000240. The molecule has 2 aliphatic heterocycles. The number of aliphatic hydroxyl groups is 6. The first-order valence-electron chi connectivity index (χ1n) is 7.51. The zero-order valence-electron chi connectivity index (χ0n) is 12.9.